The van der Waals surface area contributed by atoms with E-state index in [1.165, 1.54) is 6.07 Å². The van der Waals surface area contributed by atoms with E-state index in [2.05, 4.69) is 4.98 Å². The fourth-order valence-electron chi connectivity index (χ4n) is 1.80. The van der Waals surface area contributed by atoms with Crippen molar-refractivity contribution in [2.24, 2.45) is 0 Å². The molecule has 5 nitrogen and oxygen atoms in total. The molecule has 1 aromatic heterocycles. The Bertz CT molecular complexity index is 665. The molecule has 0 aliphatic heterocycles. The maximum absolute atomic E-state index is 12.1. The Morgan fingerprint density at radius 3 is 2.25 bits per heavy atom. The van der Waals surface area contributed by atoms with Crippen LogP contribution in [0.15, 0.2) is 36.4 Å². The summed E-state index contributed by atoms with van der Waals surface area (Å²) in [6.45, 7) is 3.23. The fourth-order valence-corrected chi connectivity index (χ4v) is 1.80. The van der Waals surface area contributed by atoms with Gasteiger partial charge in [-0.2, -0.15) is 0 Å². The zero-order chi connectivity index (χ0) is 14.7. The lowest BCUT2D eigenvalue weighted by atomic mass is 10.1. The van der Waals surface area contributed by atoms with Crippen LogP contribution in [0.2, 0.25) is 0 Å². The van der Waals surface area contributed by atoms with Crippen molar-refractivity contribution in [3.63, 3.8) is 0 Å². The SMILES string of the molecule is Cc1nc(C)c(C(=O)Oc2ccccc2)cc1C(=O)O. The minimum Gasteiger partial charge on any atom is -0.478 e. The van der Waals surface area contributed by atoms with Gasteiger partial charge in [0.1, 0.15) is 5.75 Å². The summed E-state index contributed by atoms with van der Waals surface area (Å²) in [5, 5.41) is 9.06. The summed E-state index contributed by atoms with van der Waals surface area (Å²) in [6.07, 6.45) is 0. The van der Waals surface area contributed by atoms with Crippen LogP contribution in [0.4, 0.5) is 0 Å². The van der Waals surface area contributed by atoms with Gasteiger partial charge in [0.2, 0.25) is 0 Å². The van der Waals surface area contributed by atoms with Crippen molar-refractivity contribution < 1.29 is 19.4 Å². The van der Waals surface area contributed by atoms with Gasteiger partial charge >= 0.3 is 11.9 Å². The van der Waals surface area contributed by atoms with Crippen LogP contribution in [-0.2, 0) is 0 Å². The first-order valence-corrected chi connectivity index (χ1v) is 5.98. The third kappa shape index (κ3) is 2.83. The lowest BCUT2D eigenvalue weighted by Gasteiger charge is -2.09. The van der Waals surface area contributed by atoms with Gasteiger partial charge in [-0.3, -0.25) is 4.98 Å². The Kier molecular flexibility index (Phi) is 3.79. The molecule has 0 amide bonds. The number of rotatable bonds is 3. The van der Waals surface area contributed by atoms with Crippen molar-refractivity contribution >= 4 is 11.9 Å². The van der Waals surface area contributed by atoms with Crippen molar-refractivity contribution in [1.29, 1.82) is 0 Å². The number of carboxylic acid groups (broad SMARTS) is 1. The van der Waals surface area contributed by atoms with Gasteiger partial charge < -0.3 is 9.84 Å². The molecule has 0 radical (unpaired) electrons. The molecule has 1 aromatic carbocycles. The minimum absolute atomic E-state index is 0.00406. The van der Waals surface area contributed by atoms with Crippen LogP contribution < -0.4 is 4.74 Å². The second-order valence-corrected chi connectivity index (χ2v) is 4.26. The highest BCUT2D eigenvalue weighted by Crippen LogP contribution is 2.16. The van der Waals surface area contributed by atoms with Crippen LogP contribution >= 0.6 is 0 Å². The Morgan fingerprint density at radius 1 is 1.05 bits per heavy atom. The molecule has 2 rings (SSSR count). The third-order valence-electron chi connectivity index (χ3n) is 2.81. The van der Waals surface area contributed by atoms with E-state index in [9.17, 15) is 9.59 Å². The largest absolute Gasteiger partial charge is 0.478 e. The zero-order valence-electron chi connectivity index (χ0n) is 11.1. The lowest BCUT2D eigenvalue weighted by Crippen LogP contribution is -2.14. The first-order chi connectivity index (χ1) is 9.49. The molecule has 1 N–H and O–H groups in total. The molecular weight excluding hydrogens is 258 g/mol. The molecule has 2 aromatic rings. The molecule has 1 heterocycles. The van der Waals surface area contributed by atoms with Gasteiger partial charge in [0.05, 0.1) is 22.5 Å². The van der Waals surface area contributed by atoms with Crippen LogP contribution in [0.3, 0.4) is 0 Å². The van der Waals surface area contributed by atoms with Crippen LogP contribution in [-0.4, -0.2) is 22.0 Å². The van der Waals surface area contributed by atoms with Gasteiger partial charge in [0.25, 0.3) is 0 Å². The predicted octanol–water partition coefficient (Wildman–Crippen LogP) is 2.62. The van der Waals surface area contributed by atoms with Gasteiger partial charge in [-0.15, -0.1) is 0 Å². The molecule has 0 atom stereocenters. The standard InChI is InChI=1S/C15H13NO4/c1-9-12(14(17)18)8-13(10(2)16-9)15(19)20-11-6-4-3-5-7-11/h3-8H,1-2H3,(H,17,18). The number of para-hydroxylation sites is 1. The fraction of sp³-hybridized carbons (Fsp3) is 0.133. The number of hydrogen-bond donors (Lipinski definition) is 1. The van der Waals surface area contributed by atoms with Crippen molar-refractivity contribution in [2.45, 2.75) is 13.8 Å². The highest BCUT2D eigenvalue weighted by Gasteiger charge is 2.18. The number of esters is 1. The van der Waals surface area contributed by atoms with Crippen LogP contribution in [0, 0.1) is 13.8 Å². The van der Waals surface area contributed by atoms with E-state index < -0.39 is 11.9 Å². The molecular formula is C15H13NO4. The molecule has 0 fully saturated rings. The minimum atomic E-state index is -1.12. The number of pyridine rings is 1. The van der Waals surface area contributed by atoms with Gasteiger partial charge in [-0.25, -0.2) is 9.59 Å². The molecule has 5 heteroatoms. The molecule has 0 unspecified atom stereocenters. The molecule has 0 saturated heterocycles. The van der Waals surface area contributed by atoms with Crippen LogP contribution in [0.25, 0.3) is 0 Å². The Hall–Kier alpha value is -2.69. The molecule has 0 bridgehead atoms. The second kappa shape index (κ2) is 5.52. The molecule has 0 aliphatic rings. The van der Waals surface area contributed by atoms with Gasteiger partial charge in [-0.05, 0) is 32.0 Å². The molecule has 20 heavy (non-hydrogen) atoms. The first kappa shape index (κ1) is 13.7. The first-order valence-electron chi connectivity index (χ1n) is 5.98. The number of carboxylic acids is 1. The summed E-state index contributed by atoms with van der Waals surface area (Å²) in [4.78, 5) is 27.2. The van der Waals surface area contributed by atoms with Crippen molar-refractivity contribution in [3.05, 3.63) is 58.9 Å². The lowest BCUT2D eigenvalue weighted by molar-refractivity contribution is 0.0695. The van der Waals surface area contributed by atoms with E-state index in [1.807, 2.05) is 0 Å². The number of aryl methyl sites for hydroxylation is 2. The number of hydrogen-bond acceptors (Lipinski definition) is 4. The summed E-state index contributed by atoms with van der Waals surface area (Å²) >= 11 is 0. The van der Waals surface area contributed by atoms with E-state index in [-0.39, 0.29) is 11.1 Å². The zero-order valence-corrected chi connectivity index (χ0v) is 11.1. The normalized spacial score (nSPS) is 10.1. The summed E-state index contributed by atoms with van der Waals surface area (Å²) < 4.78 is 5.18. The maximum Gasteiger partial charge on any atom is 0.345 e. The van der Waals surface area contributed by atoms with Crippen molar-refractivity contribution in [3.8, 4) is 5.75 Å². The predicted molar refractivity (Wildman–Crippen MR) is 72.1 cm³/mol. The summed E-state index contributed by atoms with van der Waals surface area (Å²) in [5.41, 5.74) is 0.951. The van der Waals surface area contributed by atoms with Crippen LogP contribution in [0.1, 0.15) is 32.1 Å². The summed E-state index contributed by atoms with van der Waals surface area (Å²) in [7, 11) is 0. The molecule has 0 aliphatic carbocycles. The van der Waals surface area contributed by atoms with E-state index in [0.717, 1.165) is 0 Å². The summed E-state index contributed by atoms with van der Waals surface area (Å²) in [5.74, 6) is -1.35. The third-order valence-corrected chi connectivity index (χ3v) is 2.81. The van der Waals surface area contributed by atoms with Crippen molar-refractivity contribution in [2.75, 3.05) is 0 Å². The average molecular weight is 271 g/mol. The smallest absolute Gasteiger partial charge is 0.345 e. The Balaban J connectivity index is 2.35. The van der Waals surface area contributed by atoms with E-state index in [0.29, 0.717) is 17.1 Å². The van der Waals surface area contributed by atoms with Gasteiger partial charge in [0.15, 0.2) is 0 Å². The maximum atomic E-state index is 12.1. The number of aromatic carboxylic acids is 1. The summed E-state index contributed by atoms with van der Waals surface area (Å²) in [6, 6.07) is 9.88. The number of ether oxygens (including phenoxy) is 1. The molecule has 0 saturated carbocycles. The Morgan fingerprint density at radius 2 is 1.65 bits per heavy atom. The molecule has 102 valence electrons. The van der Waals surface area contributed by atoms with E-state index >= 15 is 0 Å². The monoisotopic (exact) mass is 271 g/mol. The molecule has 0 spiro atoms. The Labute approximate surface area is 115 Å². The number of carbonyl (C=O) groups is 2. The second-order valence-electron chi connectivity index (χ2n) is 4.26. The number of nitrogens with zero attached hydrogens (tertiary/aromatic N) is 1. The van der Waals surface area contributed by atoms with E-state index in [4.69, 9.17) is 9.84 Å². The van der Waals surface area contributed by atoms with Crippen molar-refractivity contribution in [1.82, 2.24) is 4.98 Å². The average Bonchev–Trinajstić information content (AvgIpc) is 2.39. The topological polar surface area (TPSA) is 76.5 Å². The van der Waals surface area contributed by atoms with Crippen LogP contribution in [0.5, 0.6) is 5.75 Å². The number of benzene rings is 1. The van der Waals surface area contributed by atoms with Gasteiger partial charge in [0, 0.05) is 0 Å². The van der Waals surface area contributed by atoms with Gasteiger partial charge in [-0.1, -0.05) is 18.2 Å². The number of carbonyl (C=O) groups excluding carboxylic acids is 1. The van der Waals surface area contributed by atoms with E-state index in [1.54, 1.807) is 44.2 Å². The quantitative estimate of drug-likeness (QED) is 0.686. The number of aromatic nitrogens is 1. The highest BCUT2D eigenvalue weighted by molar-refractivity contribution is 5.96. The highest BCUT2D eigenvalue weighted by atomic mass is 16.5.